The van der Waals surface area contributed by atoms with Crippen LogP contribution in [0.4, 0.5) is 5.13 Å². The molecule has 0 aliphatic carbocycles. The predicted octanol–water partition coefficient (Wildman–Crippen LogP) is 5.56. The lowest BCUT2D eigenvalue weighted by atomic mass is 10.00. The number of aliphatic hydroxyl groups is 1. The number of fused-ring (bicyclic) bond motifs is 1. The summed E-state index contributed by atoms with van der Waals surface area (Å²) in [5.41, 5.74) is 2.44. The van der Waals surface area contributed by atoms with Crippen molar-refractivity contribution in [2.24, 2.45) is 0 Å². The third-order valence-electron chi connectivity index (χ3n) is 5.68. The number of nitrogens with zero attached hydrogens (tertiary/aromatic N) is 2. The molecule has 2 aromatic carbocycles. The topological polar surface area (TPSA) is 79.7 Å². The molecule has 6 nitrogen and oxygen atoms in total. The Kier molecular flexibility index (Phi) is 5.47. The van der Waals surface area contributed by atoms with Gasteiger partial charge < -0.3 is 9.84 Å². The van der Waals surface area contributed by atoms with E-state index in [4.69, 9.17) is 4.74 Å². The summed E-state index contributed by atoms with van der Waals surface area (Å²) in [6.07, 6.45) is 0.894. The molecule has 0 saturated carbocycles. The van der Waals surface area contributed by atoms with Crippen LogP contribution in [0.5, 0.6) is 5.75 Å². The molecule has 1 N–H and O–H groups in total. The number of thiazole rings is 1. The Morgan fingerprint density at radius 1 is 1.15 bits per heavy atom. The molecule has 166 valence electrons. The van der Waals surface area contributed by atoms with Gasteiger partial charge in [-0.15, -0.1) is 11.3 Å². The van der Waals surface area contributed by atoms with Crippen LogP contribution in [0.15, 0.2) is 65.6 Å². The molecule has 4 aromatic rings. The van der Waals surface area contributed by atoms with Gasteiger partial charge in [0, 0.05) is 10.4 Å². The number of rotatable bonds is 5. The fraction of sp³-hybridized carbons (Fsp3) is 0.160. The van der Waals surface area contributed by atoms with Crippen molar-refractivity contribution in [3.8, 4) is 5.75 Å². The van der Waals surface area contributed by atoms with Crippen LogP contribution in [0.3, 0.4) is 0 Å². The number of methoxy groups -OCH3 is 1. The first kappa shape index (κ1) is 21.4. The number of carbonyl (C=O) groups is 2. The van der Waals surface area contributed by atoms with Crippen molar-refractivity contribution in [3.05, 3.63) is 81.6 Å². The second-order valence-electron chi connectivity index (χ2n) is 7.57. The number of Topliss-reactive ketones (excluding diaryl/α,β-unsaturated/α-hetero) is 1. The maximum Gasteiger partial charge on any atom is 0.301 e. The summed E-state index contributed by atoms with van der Waals surface area (Å²) in [4.78, 5) is 33.3. The standard InChI is InChI=1S/C25H20N2O4S2/c1-3-14-6-11-17-19(13-14)33-25(26-17)27-21(18-5-4-12-32-18)20(23(29)24(27)30)22(28)15-7-9-16(31-2)10-8-15/h4-13,21,28H,3H2,1-2H3/b22-20+/t21-/m1/s1. The largest absolute Gasteiger partial charge is 0.507 e. The number of hydrogen-bond donors (Lipinski definition) is 1. The number of thiophene rings is 1. The second kappa shape index (κ2) is 8.46. The van der Waals surface area contributed by atoms with Crippen LogP contribution in [-0.2, 0) is 16.0 Å². The van der Waals surface area contributed by atoms with E-state index < -0.39 is 17.7 Å². The monoisotopic (exact) mass is 476 g/mol. The zero-order valence-electron chi connectivity index (χ0n) is 17.9. The van der Waals surface area contributed by atoms with Crippen LogP contribution in [0, 0.1) is 0 Å². The number of carbonyl (C=O) groups excluding carboxylic acids is 2. The van der Waals surface area contributed by atoms with E-state index in [0.717, 1.165) is 21.5 Å². The summed E-state index contributed by atoms with van der Waals surface area (Å²) >= 11 is 2.79. The first-order chi connectivity index (χ1) is 16.0. The number of anilines is 1. The molecule has 8 heteroatoms. The van der Waals surface area contributed by atoms with Crippen LogP contribution in [0.2, 0.25) is 0 Å². The molecule has 0 unspecified atom stereocenters. The Hall–Kier alpha value is -3.49. The number of aromatic nitrogens is 1. The van der Waals surface area contributed by atoms with Crippen molar-refractivity contribution < 1.29 is 19.4 Å². The summed E-state index contributed by atoms with van der Waals surface area (Å²) in [6.45, 7) is 2.08. The molecule has 1 fully saturated rings. The van der Waals surface area contributed by atoms with E-state index in [0.29, 0.717) is 16.4 Å². The van der Waals surface area contributed by atoms with Gasteiger partial charge in [-0.1, -0.05) is 30.4 Å². The molecule has 1 aliphatic rings. The summed E-state index contributed by atoms with van der Waals surface area (Å²) in [5.74, 6) is -1.01. The van der Waals surface area contributed by atoms with Gasteiger partial charge in [0.15, 0.2) is 5.13 Å². The van der Waals surface area contributed by atoms with Crippen LogP contribution < -0.4 is 9.64 Å². The molecule has 1 saturated heterocycles. The quantitative estimate of drug-likeness (QED) is 0.232. The number of benzene rings is 2. The Morgan fingerprint density at radius 3 is 2.61 bits per heavy atom. The van der Waals surface area contributed by atoms with Gasteiger partial charge in [-0.25, -0.2) is 4.98 Å². The van der Waals surface area contributed by atoms with Crippen molar-refractivity contribution in [2.45, 2.75) is 19.4 Å². The summed E-state index contributed by atoms with van der Waals surface area (Å²) < 4.78 is 6.13. The van der Waals surface area contributed by atoms with E-state index in [1.54, 1.807) is 31.4 Å². The number of aliphatic hydroxyl groups excluding tert-OH is 1. The van der Waals surface area contributed by atoms with Crippen molar-refractivity contribution in [3.63, 3.8) is 0 Å². The highest BCUT2D eigenvalue weighted by Gasteiger charge is 2.48. The fourth-order valence-corrected chi connectivity index (χ4v) is 5.81. The Bertz CT molecular complexity index is 1390. The first-order valence-corrected chi connectivity index (χ1v) is 12.1. The SMILES string of the molecule is CCc1ccc2nc(N3C(=O)C(=O)/C(=C(/O)c4ccc(OC)cc4)[C@H]3c3cccs3)sc2c1. The van der Waals surface area contributed by atoms with E-state index in [9.17, 15) is 14.7 Å². The van der Waals surface area contributed by atoms with Crippen LogP contribution >= 0.6 is 22.7 Å². The van der Waals surface area contributed by atoms with E-state index in [2.05, 4.69) is 18.0 Å². The number of hydrogen-bond acceptors (Lipinski definition) is 7. The van der Waals surface area contributed by atoms with Crippen molar-refractivity contribution in [2.75, 3.05) is 12.0 Å². The predicted molar refractivity (Wildman–Crippen MR) is 131 cm³/mol. The highest BCUT2D eigenvalue weighted by atomic mass is 32.1. The molecule has 3 heterocycles. The third kappa shape index (κ3) is 3.61. The molecule has 1 amide bonds. The van der Waals surface area contributed by atoms with E-state index in [1.807, 2.05) is 29.6 Å². The van der Waals surface area contributed by atoms with Gasteiger partial charge in [0.1, 0.15) is 17.6 Å². The summed E-state index contributed by atoms with van der Waals surface area (Å²) in [5, 5.41) is 13.5. The minimum absolute atomic E-state index is 0.0566. The zero-order chi connectivity index (χ0) is 23.1. The van der Waals surface area contributed by atoms with Gasteiger partial charge in [-0.05, 0) is 59.8 Å². The van der Waals surface area contributed by atoms with Gasteiger partial charge in [-0.2, -0.15) is 0 Å². The van der Waals surface area contributed by atoms with E-state index >= 15 is 0 Å². The third-order valence-corrected chi connectivity index (χ3v) is 7.62. The molecular weight excluding hydrogens is 456 g/mol. The number of amides is 1. The summed E-state index contributed by atoms with van der Waals surface area (Å²) in [7, 11) is 1.55. The van der Waals surface area contributed by atoms with E-state index in [-0.39, 0.29) is 11.3 Å². The maximum atomic E-state index is 13.2. The minimum atomic E-state index is -0.752. The average molecular weight is 477 g/mol. The normalized spacial score (nSPS) is 17.8. The van der Waals surface area contributed by atoms with Crippen LogP contribution in [0.25, 0.3) is 16.0 Å². The number of ketones is 1. The molecular formula is C25H20N2O4S2. The summed E-state index contributed by atoms with van der Waals surface area (Å²) in [6, 6.07) is 15.7. The average Bonchev–Trinajstić information content (AvgIpc) is 3.57. The molecule has 0 spiro atoms. The van der Waals surface area contributed by atoms with Crippen molar-refractivity contribution >= 4 is 55.5 Å². The molecule has 1 aliphatic heterocycles. The first-order valence-electron chi connectivity index (χ1n) is 10.4. The van der Waals surface area contributed by atoms with Gasteiger partial charge >= 0.3 is 5.91 Å². The Morgan fingerprint density at radius 2 is 1.94 bits per heavy atom. The van der Waals surface area contributed by atoms with Crippen LogP contribution in [-0.4, -0.2) is 28.9 Å². The molecule has 33 heavy (non-hydrogen) atoms. The van der Waals surface area contributed by atoms with Gasteiger partial charge in [0.25, 0.3) is 5.78 Å². The molecule has 2 aromatic heterocycles. The smallest absolute Gasteiger partial charge is 0.301 e. The molecule has 1 atom stereocenters. The lowest BCUT2D eigenvalue weighted by Gasteiger charge is -2.21. The van der Waals surface area contributed by atoms with Crippen molar-refractivity contribution in [1.29, 1.82) is 0 Å². The van der Waals surface area contributed by atoms with Crippen molar-refractivity contribution in [1.82, 2.24) is 4.98 Å². The molecule has 0 bridgehead atoms. The molecule has 5 rings (SSSR count). The number of ether oxygens (including phenoxy) is 1. The Balaban J connectivity index is 1.67. The second-order valence-corrected chi connectivity index (χ2v) is 9.55. The lowest BCUT2D eigenvalue weighted by molar-refractivity contribution is -0.132. The minimum Gasteiger partial charge on any atom is -0.507 e. The van der Waals surface area contributed by atoms with Crippen LogP contribution in [0.1, 0.15) is 29.0 Å². The van der Waals surface area contributed by atoms with Gasteiger partial charge in [0.05, 0.1) is 22.9 Å². The fourth-order valence-electron chi connectivity index (χ4n) is 3.93. The zero-order valence-corrected chi connectivity index (χ0v) is 19.6. The lowest BCUT2D eigenvalue weighted by Crippen LogP contribution is -2.28. The van der Waals surface area contributed by atoms with Gasteiger partial charge in [0.2, 0.25) is 0 Å². The highest BCUT2D eigenvalue weighted by Crippen LogP contribution is 2.45. The van der Waals surface area contributed by atoms with E-state index in [1.165, 1.54) is 33.1 Å². The van der Waals surface area contributed by atoms with Gasteiger partial charge in [-0.3, -0.25) is 14.5 Å². The maximum absolute atomic E-state index is 13.2. The Labute approximate surface area is 198 Å². The number of aryl methyl sites for hydroxylation is 1. The molecule has 0 radical (unpaired) electrons. The highest BCUT2D eigenvalue weighted by molar-refractivity contribution is 7.22.